The minimum absolute atomic E-state index is 0.0873. The second kappa shape index (κ2) is 8.77. The average Bonchev–Trinajstić information content (AvgIpc) is 2.77. The van der Waals surface area contributed by atoms with E-state index < -0.39 is 0 Å². The van der Waals surface area contributed by atoms with Crippen LogP contribution in [0.5, 0.6) is 0 Å². The second-order valence-electron chi connectivity index (χ2n) is 5.07. The highest BCUT2D eigenvalue weighted by Crippen LogP contribution is 2.30. The summed E-state index contributed by atoms with van der Waals surface area (Å²) < 4.78 is 13.8. The molecule has 1 aromatic rings. The minimum Gasteiger partial charge on any atom is -0.383 e. The Bertz CT molecular complexity index is 396. The summed E-state index contributed by atoms with van der Waals surface area (Å²) in [6.07, 6.45) is 1.92. The van der Waals surface area contributed by atoms with E-state index in [1.165, 1.54) is 0 Å². The third-order valence-corrected chi connectivity index (χ3v) is 3.93. The van der Waals surface area contributed by atoms with Crippen molar-refractivity contribution in [2.45, 2.75) is 39.5 Å². The van der Waals surface area contributed by atoms with Crippen LogP contribution in [0.2, 0.25) is 0 Å². The van der Waals surface area contributed by atoms with Crippen molar-refractivity contribution < 1.29 is 9.47 Å². The molecule has 0 aliphatic carbocycles. The van der Waals surface area contributed by atoms with Crippen LogP contribution in [0, 0.1) is 5.92 Å². The molecule has 116 valence electrons. The van der Waals surface area contributed by atoms with Crippen molar-refractivity contribution in [2.24, 2.45) is 5.92 Å². The molecular weight excluding hydrogens is 322 g/mol. The Labute approximate surface area is 130 Å². The van der Waals surface area contributed by atoms with Gasteiger partial charge in [-0.3, -0.25) is 4.68 Å². The molecule has 0 aliphatic rings. The molecule has 1 heterocycles. The summed E-state index contributed by atoms with van der Waals surface area (Å²) in [5, 5.41) is 7.95. The van der Waals surface area contributed by atoms with Crippen LogP contribution < -0.4 is 5.32 Å². The molecule has 2 unspecified atom stereocenters. The Morgan fingerprint density at radius 2 is 2.10 bits per heavy atom. The lowest BCUT2D eigenvalue weighted by Gasteiger charge is -2.30. The number of hydrogen-bond donors (Lipinski definition) is 1. The summed E-state index contributed by atoms with van der Waals surface area (Å²) in [6.45, 7) is 8.68. The number of methoxy groups -OCH3 is 2. The Morgan fingerprint density at radius 3 is 2.60 bits per heavy atom. The van der Waals surface area contributed by atoms with Crippen molar-refractivity contribution in [3.63, 3.8) is 0 Å². The van der Waals surface area contributed by atoms with E-state index in [1.54, 1.807) is 14.2 Å². The summed E-state index contributed by atoms with van der Waals surface area (Å²) in [7, 11) is 3.46. The van der Waals surface area contributed by atoms with Gasteiger partial charge in [0, 0.05) is 14.2 Å². The van der Waals surface area contributed by atoms with E-state index in [4.69, 9.17) is 9.47 Å². The van der Waals surface area contributed by atoms with Gasteiger partial charge in [-0.05, 0) is 28.4 Å². The van der Waals surface area contributed by atoms with Gasteiger partial charge in [-0.2, -0.15) is 5.10 Å². The number of nitrogens with zero attached hydrogens (tertiary/aromatic N) is 2. The van der Waals surface area contributed by atoms with E-state index in [0.717, 1.165) is 23.3 Å². The summed E-state index contributed by atoms with van der Waals surface area (Å²) in [5.41, 5.74) is 1.12. The normalized spacial score (nSPS) is 14.8. The van der Waals surface area contributed by atoms with Crippen LogP contribution in [0.1, 0.15) is 32.5 Å². The largest absolute Gasteiger partial charge is 0.383 e. The molecule has 0 bridgehead atoms. The molecule has 0 amide bonds. The summed E-state index contributed by atoms with van der Waals surface area (Å²) in [4.78, 5) is 0. The Morgan fingerprint density at radius 1 is 1.40 bits per heavy atom. The van der Waals surface area contributed by atoms with Crippen molar-refractivity contribution >= 4 is 15.9 Å². The van der Waals surface area contributed by atoms with E-state index in [1.807, 2.05) is 10.9 Å². The first kappa shape index (κ1) is 17.6. The van der Waals surface area contributed by atoms with Gasteiger partial charge in [-0.1, -0.05) is 20.8 Å². The molecule has 0 aromatic carbocycles. The van der Waals surface area contributed by atoms with Crippen molar-refractivity contribution in [1.29, 1.82) is 0 Å². The van der Waals surface area contributed by atoms with E-state index in [0.29, 0.717) is 12.5 Å². The second-order valence-corrected chi connectivity index (χ2v) is 5.93. The van der Waals surface area contributed by atoms with Crippen molar-refractivity contribution in [3.8, 4) is 0 Å². The lowest BCUT2D eigenvalue weighted by Crippen LogP contribution is -2.38. The molecule has 1 N–H and O–H groups in total. The van der Waals surface area contributed by atoms with Gasteiger partial charge >= 0.3 is 0 Å². The molecular formula is C14H26BrN3O2. The minimum atomic E-state index is 0.0873. The van der Waals surface area contributed by atoms with Crippen molar-refractivity contribution in [3.05, 3.63) is 16.4 Å². The molecule has 0 spiro atoms. The van der Waals surface area contributed by atoms with E-state index in [-0.39, 0.29) is 12.1 Å². The number of hydrogen-bond acceptors (Lipinski definition) is 4. The fraction of sp³-hybridized carbons (Fsp3) is 0.786. The highest BCUT2D eigenvalue weighted by atomic mass is 79.9. The lowest BCUT2D eigenvalue weighted by atomic mass is 9.96. The summed E-state index contributed by atoms with van der Waals surface area (Å²) in [6, 6.07) is 0.0960. The first-order chi connectivity index (χ1) is 9.56. The fourth-order valence-electron chi connectivity index (χ4n) is 2.42. The first-order valence-corrected chi connectivity index (χ1v) is 7.82. The van der Waals surface area contributed by atoms with E-state index >= 15 is 0 Å². The van der Waals surface area contributed by atoms with Gasteiger partial charge in [0.2, 0.25) is 0 Å². The van der Waals surface area contributed by atoms with E-state index in [2.05, 4.69) is 47.1 Å². The predicted molar refractivity (Wildman–Crippen MR) is 83.9 cm³/mol. The SMILES string of the molecule is CCNC(c1c(Br)cnn1CCOC)C(OC)C(C)C. The smallest absolute Gasteiger partial charge is 0.0804 e. The zero-order chi connectivity index (χ0) is 15.1. The monoisotopic (exact) mass is 347 g/mol. The summed E-state index contributed by atoms with van der Waals surface area (Å²) >= 11 is 3.61. The first-order valence-electron chi connectivity index (χ1n) is 7.03. The molecule has 1 rings (SSSR count). The van der Waals surface area contributed by atoms with Crippen molar-refractivity contribution in [2.75, 3.05) is 27.4 Å². The highest BCUT2D eigenvalue weighted by molar-refractivity contribution is 9.10. The third kappa shape index (κ3) is 4.28. The van der Waals surface area contributed by atoms with Crippen LogP contribution in [0.3, 0.4) is 0 Å². The van der Waals surface area contributed by atoms with Crippen LogP contribution in [0.4, 0.5) is 0 Å². The highest BCUT2D eigenvalue weighted by Gasteiger charge is 2.29. The molecule has 0 saturated heterocycles. The number of nitrogens with one attached hydrogen (secondary N) is 1. The molecule has 0 radical (unpaired) electrons. The Balaban J connectivity index is 3.09. The number of ether oxygens (including phenoxy) is 2. The Kier molecular flexibility index (Phi) is 7.72. The average molecular weight is 348 g/mol. The van der Waals surface area contributed by atoms with Gasteiger partial charge in [0.25, 0.3) is 0 Å². The van der Waals surface area contributed by atoms with Gasteiger partial charge in [0.05, 0.1) is 41.7 Å². The molecule has 5 nitrogen and oxygen atoms in total. The number of likely N-dealkylation sites (N-methyl/N-ethyl adjacent to an activating group) is 1. The zero-order valence-corrected chi connectivity index (χ0v) is 14.6. The van der Waals surface area contributed by atoms with Crippen LogP contribution in [0.15, 0.2) is 10.7 Å². The number of aromatic nitrogens is 2. The fourth-order valence-corrected chi connectivity index (χ4v) is 2.96. The zero-order valence-electron chi connectivity index (χ0n) is 13.0. The maximum Gasteiger partial charge on any atom is 0.0804 e. The van der Waals surface area contributed by atoms with E-state index in [9.17, 15) is 0 Å². The maximum atomic E-state index is 5.71. The maximum absolute atomic E-state index is 5.71. The Hall–Kier alpha value is -0.430. The molecule has 20 heavy (non-hydrogen) atoms. The molecule has 0 fully saturated rings. The standard InChI is InChI=1S/C14H26BrN3O2/c1-6-16-12(14(20-5)10(2)3)13-11(15)9-17-18(13)7-8-19-4/h9-10,12,14,16H,6-8H2,1-5H3. The quantitative estimate of drug-likeness (QED) is 0.745. The molecule has 6 heteroatoms. The summed E-state index contributed by atoms with van der Waals surface area (Å²) in [5.74, 6) is 0.404. The predicted octanol–water partition coefficient (Wildman–Crippen LogP) is 2.61. The van der Waals surface area contributed by atoms with Crippen LogP contribution in [0.25, 0.3) is 0 Å². The van der Waals surface area contributed by atoms with Crippen molar-refractivity contribution in [1.82, 2.24) is 15.1 Å². The number of halogens is 1. The van der Waals surface area contributed by atoms with Gasteiger partial charge in [0.1, 0.15) is 0 Å². The van der Waals surface area contributed by atoms with Crippen LogP contribution in [-0.2, 0) is 16.0 Å². The van der Waals surface area contributed by atoms with Crippen LogP contribution >= 0.6 is 15.9 Å². The molecule has 0 saturated carbocycles. The van der Waals surface area contributed by atoms with Gasteiger partial charge in [-0.15, -0.1) is 0 Å². The topological polar surface area (TPSA) is 48.3 Å². The van der Waals surface area contributed by atoms with Gasteiger partial charge in [-0.25, -0.2) is 0 Å². The van der Waals surface area contributed by atoms with Crippen LogP contribution in [-0.4, -0.2) is 43.3 Å². The third-order valence-electron chi connectivity index (χ3n) is 3.32. The molecule has 2 atom stereocenters. The lowest BCUT2D eigenvalue weighted by molar-refractivity contribution is 0.0299. The number of rotatable bonds is 9. The van der Waals surface area contributed by atoms with Gasteiger partial charge < -0.3 is 14.8 Å². The molecule has 0 aliphatic heterocycles. The molecule has 1 aromatic heterocycles. The van der Waals surface area contributed by atoms with Gasteiger partial charge in [0.15, 0.2) is 0 Å².